The number of amides is 2. The van der Waals surface area contributed by atoms with Crippen LogP contribution in [0.2, 0.25) is 0 Å². The highest BCUT2D eigenvalue weighted by atomic mass is 32.2. The first-order valence-corrected chi connectivity index (χ1v) is 13.3. The lowest BCUT2D eigenvalue weighted by atomic mass is 10.1. The third-order valence-electron chi connectivity index (χ3n) is 6.50. The zero-order chi connectivity index (χ0) is 25.2. The van der Waals surface area contributed by atoms with Crippen molar-refractivity contribution in [2.24, 2.45) is 0 Å². The van der Waals surface area contributed by atoms with Gasteiger partial charge in [-0.15, -0.1) is 0 Å². The van der Waals surface area contributed by atoms with E-state index < -0.39 is 16.1 Å². The van der Waals surface area contributed by atoms with Gasteiger partial charge >= 0.3 is 0 Å². The van der Waals surface area contributed by atoms with Crippen LogP contribution in [-0.4, -0.2) is 44.8 Å². The molecule has 3 aromatic carbocycles. The Bertz CT molecular complexity index is 1360. The number of carbonyl (C=O) groups is 2. The molecule has 0 saturated carbocycles. The number of aryl methyl sites for hydroxylation is 1. The Morgan fingerprint density at radius 2 is 1.77 bits per heavy atom. The van der Waals surface area contributed by atoms with Crippen molar-refractivity contribution in [3.8, 4) is 0 Å². The van der Waals surface area contributed by atoms with Gasteiger partial charge in [-0.3, -0.25) is 13.9 Å². The largest absolute Gasteiger partial charge is 0.357 e. The molecule has 3 aromatic rings. The standard InChI is InChI=1S/C27H31N3O4S/c1-4-22(27(32)28-3)29(18-20-10-5-9-19(2)17-20)25(31)15-8-16-30-23-13-6-11-21-12-7-14-24(26(21)23)35(30,33)34/h5-7,9-14,17,22H,4,8,15-16,18H2,1-3H3,(H,28,32)/t22-/m1/s1. The van der Waals surface area contributed by atoms with E-state index in [0.717, 1.165) is 21.9 Å². The van der Waals surface area contributed by atoms with Gasteiger partial charge in [-0.2, -0.15) is 0 Å². The van der Waals surface area contributed by atoms with Gasteiger partial charge in [0, 0.05) is 31.9 Å². The lowest BCUT2D eigenvalue weighted by molar-refractivity contribution is -0.141. The average Bonchev–Trinajstić information content (AvgIpc) is 3.06. The van der Waals surface area contributed by atoms with Crippen LogP contribution in [0.3, 0.4) is 0 Å². The Morgan fingerprint density at radius 3 is 2.46 bits per heavy atom. The molecular weight excluding hydrogens is 462 g/mol. The van der Waals surface area contributed by atoms with Gasteiger partial charge in [0.25, 0.3) is 10.0 Å². The van der Waals surface area contributed by atoms with Crippen LogP contribution in [-0.2, 0) is 26.2 Å². The summed E-state index contributed by atoms with van der Waals surface area (Å²) >= 11 is 0. The molecule has 1 heterocycles. The van der Waals surface area contributed by atoms with Gasteiger partial charge in [0.15, 0.2) is 0 Å². The predicted molar refractivity (Wildman–Crippen MR) is 138 cm³/mol. The van der Waals surface area contributed by atoms with E-state index in [1.165, 1.54) is 4.31 Å². The van der Waals surface area contributed by atoms with Crippen LogP contribution < -0.4 is 9.62 Å². The average molecular weight is 494 g/mol. The second-order valence-electron chi connectivity index (χ2n) is 8.86. The van der Waals surface area contributed by atoms with Crippen LogP contribution in [0.25, 0.3) is 10.8 Å². The number of hydrogen-bond acceptors (Lipinski definition) is 4. The van der Waals surface area contributed by atoms with Gasteiger partial charge in [-0.25, -0.2) is 8.42 Å². The number of nitrogens with zero attached hydrogens (tertiary/aromatic N) is 2. The number of sulfonamides is 1. The van der Waals surface area contributed by atoms with Crippen molar-refractivity contribution < 1.29 is 18.0 Å². The Hall–Kier alpha value is -3.39. The molecule has 0 fully saturated rings. The number of benzene rings is 3. The number of nitrogens with one attached hydrogen (secondary N) is 1. The fourth-order valence-corrected chi connectivity index (χ4v) is 6.56. The Labute approximate surface area is 206 Å². The molecule has 1 atom stereocenters. The first-order valence-electron chi connectivity index (χ1n) is 11.9. The molecule has 184 valence electrons. The predicted octanol–water partition coefficient (Wildman–Crippen LogP) is 3.99. The zero-order valence-corrected chi connectivity index (χ0v) is 21.1. The lowest BCUT2D eigenvalue weighted by Gasteiger charge is -2.30. The highest BCUT2D eigenvalue weighted by Crippen LogP contribution is 2.42. The first kappa shape index (κ1) is 24.7. The summed E-state index contributed by atoms with van der Waals surface area (Å²) in [6.07, 6.45) is 0.962. The van der Waals surface area contributed by atoms with E-state index in [1.54, 1.807) is 30.1 Å². The SMILES string of the molecule is CC[C@H](C(=O)NC)N(Cc1cccc(C)c1)C(=O)CCCN1c2cccc3cccc(c23)S1(=O)=O. The van der Waals surface area contributed by atoms with Gasteiger partial charge in [0.1, 0.15) is 6.04 Å². The molecule has 1 aliphatic rings. The molecule has 2 amide bonds. The zero-order valence-electron chi connectivity index (χ0n) is 20.3. The summed E-state index contributed by atoms with van der Waals surface area (Å²) in [5.41, 5.74) is 2.68. The van der Waals surface area contributed by atoms with Gasteiger partial charge in [0.05, 0.1) is 10.6 Å². The van der Waals surface area contributed by atoms with Crippen LogP contribution in [0.1, 0.15) is 37.3 Å². The minimum absolute atomic E-state index is 0.137. The normalized spacial score (nSPS) is 14.7. The van der Waals surface area contributed by atoms with E-state index in [1.807, 2.05) is 56.3 Å². The van der Waals surface area contributed by atoms with Crippen molar-refractivity contribution in [3.63, 3.8) is 0 Å². The summed E-state index contributed by atoms with van der Waals surface area (Å²) < 4.78 is 27.8. The number of anilines is 1. The number of hydrogen-bond donors (Lipinski definition) is 1. The molecule has 0 aromatic heterocycles. The second-order valence-corrected chi connectivity index (χ2v) is 10.7. The molecule has 4 rings (SSSR count). The minimum atomic E-state index is -3.66. The maximum absolute atomic E-state index is 13.4. The van der Waals surface area contributed by atoms with E-state index in [0.29, 0.717) is 30.0 Å². The molecule has 0 bridgehead atoms. The molecule has 0 spiro atoms. The summed E-state index contributed by atoms with van der Waals surface area (Å²) in [7, 11) is -2.10. The summed E-state index contributed by atoms with van der Waals surface area (Å²) in [6.45, 7) is 4.38. The highest BCUT2D eigenvalue weighted by Gasteiger charge is 2.35. The lowest BCUT2D eigenvalue weighted by Crippen LogP contribution is -2.48. The van der Waals surface area contributed by atoms with Crippen molar-refractivity contribution in [3.05, 3.63) is 71.8 Å². The molecule has 1 aliphatic heterocycles. The summed E-state index contributed by atoms with van der Waals surface area (Å²) in [5, 5.41) is 4.27. The van der Waals surface area contributed by atoms with Gasteiger partial charge < -0.3 is 10.2 Å². The number of rotatable bonds is 9. The van der Waals surface area contributed by atoms with Crippen molar-refractivity contribution in [2.45, 2.75) is 50.6 Å². The number of carbonyl (C=O) groups excluding carboxylic acids is 2. The fraction of sp³-hybridized carbons (Fsp3) is 0.333. The Balaban J connectivity index is 1.52. The molecule has 0 saturated heterocycles. The molecule has 0 radical (unpaired) electrons. The molecule has 8 heteroatoms. The third kappa shape index (κ3) is 4.75. The van der Waals surface area contributed by atoms with E-state index >= 15 is 0 Å². The first-order chi connectivity index (χ1) is 16.8. The van der Waals surface area contributed by atoms with Crippen LogP contribution in [0, 0.1) is 6.92 Å². The van der Waals surface area contributed by atoms with Crippen molar-refractivity contribution in [1.29, 1.82) is 0 Å². The van der Waals surface area contributed by atoms with Crippen molar-refractivity contribution in [1.82, 2.24) is 10.2 Å². The van der Waals surface area contributed by atoms with Crippen LogP contribution in [0.15, 0.2) is 65.6 Å². The van der Waals surface area contributed by atoms with Crippen molar-refractivity contribution in [2.75, 3.05) is 17.9 Å². The molecule has 1 N–H and O–H groups in total. The maximum Gasteiger partial charge on any atom is 0.265 e. The molecule has 35 heavy (non-hydrogen) atoms. The molecular formula is C27H31N3O4S. The second kappa shape index (κ2) is 10.1. The third-order valence-corrected chi connectivity index (χ3v) is 8.36. The molecule has 7 nitrogen and oxygen atoms in total. The quantitative estimate of drug-likeness (QED) is 0.488. The van der Waals surface area contributed by atoms with E-state index in [-0.39, 0.29) is 24.8 Å². The Morgan fingerprint density at radius 1 is 1.06 bits per heavy atom. The summed E-state index contributed by atoms with van der Waals surface area (Å²) in [5.74, 6) is -0.382. The van der Waals surface area contributed by atoms with Crippen molar-refractivity contribution >= 4 is 38.3 Å². The highest BCUT2D eigenvalue weighted by molar-refractivity contribution is 7.93. The van der Waals surface area contributed by atoms with Gasteiger partial charge in [0.2, 0.25) is 11.8 Å². The Kier molecular flexibility index (Phi) is 7.12. The smallest absolute Gasteiger partial charge is 0.265 e. The number of likely N-dealkylation sites (N-methyl/N-ethyl adjacent to an activating group) is 1. The van der Waals surface area contributed by atoms with E-state index in [2.05, 4.69) is 5.32 Å². The summed E-state index contributed by atoms with van der Waals surface area (Å²) in [6, 6.07) is 18.1. The van der Waals surface area contributed by atoms with Crippen LogP contribution in [0.4, 0.5) is 5.69 Å². The van der Waals surface area contributed by atoms with E-state index in [4.69, 9.17) is 0 Å². The fourth-order valence-electron chi connectivity index (χ4n) is 4.81. The van der Waals surface area contributed by atoms with Crippen LogP contribution in [0.5, 0.6) is 0 Å². The summed E-state index contributed by atoms with van der Waals surface area (Å²) in [4.78, 5) is 27.9. The van der Waals surface area contributed by atoms with Gasteiger partial charge in [-0.1, -0.05) is 61.0 Å². The van der Waals surface area contributed by atoms with Gasteiger partial charge in [-0.05, 0) is 42.8 Å². The van der Waals surface area contributed by atoms with Crippen LogP contribution >= 0.6 is 0 Å². The maximum atomic E-state index is 13.4. The molecule has 0 unspecified atom stereocenters. The topological polar surface area (TPSA) is 86.8 Å². The minimum Gasteiger partial charge on any atom is -0.357 e. The van der Waals surface area contributed by atoms with E-state index in [9.17, 15) is 18.0 Å². The monoisotopic (exact) mass is 493 g/mol. The molecule has 0 aliphatic carbocycles.